The zero-order valence-electron chi connectivity index (χ0n) is 10.3. The van der Waals surface area contributed by atoms with E-state index in [0.717, 1.165) is 22.4 Å². The molecule has 1 atom stereocenters. The normalized spacial score (nSPS) is 12.2. The molecule has 1 nitrogen and oxygen atoms in total. The van der Waals surface area contributed by atoms with Crippen LogP contribution in [0.1, 0.15) is 22.1 Å². The fourth-order valence-corrected chi connectivity index (χ4v) is 2.26. The van der Waals surface area contributed by atoms with E-state index in [4.69, 9.17) is 16.3 Å². The summed E-state index contributed by atoms with van der Waals surface area (Å²) in [5.41, 5.74) is 2.94. The van der Waals surface area contributed by atoms with Crippen LogP contribution in [0, 0.1) is 12.7 Å². The molecule has 0 aliphatic rings. The second-order valence-corrected chi connectivity index (χ2v) is 4.57. The number of rotatable bonds is 3. The fourth-order valence-electron chi connectivity index (χ4n) is 1.87. The molecule has 94 valence electrons. The lowest BCUT2D eigenvalue weighted by atomic mass is 10.00. The summed E-state index contributed by atoms with van der Waals surface area (Å²) in [6.45, 7) is 1.98. The first kappa shape index (κ1) is 12.9. The molecule has 0 aromatic heterocycles. The van der Waals surface area contributed by atoms with Crippen LogP contribution in [-0.2, 0) is 0 Å². The molecule has 0 saturated carbocycles. The Hall–Kier alpha value is -1.54. The third kappa shape index (κ3) is 2.65. The zero-order valence-corrected chi connectivity index (χ0v) is 11.0. The van der Waals surface area contributed by atoms with E-state index in [1.54, 1.807) is 19.2 Å². The van der Waals surface area contributed by atoms with Gasteiger partial charge in [0.2, 0.25) is 0 Å². The first-order chi connectivity index (χ1) is 8.61. The number of ether oxygens (including phenoxy) is 1. The van der Waals surface area contributed by atoms with Crippen LogP contribution in [0.2, 0.25) is 0 Å². The summed E-state index contributed by atoms with van der Waals surface area (Å²) in [5.74, 6) is 0.549. The summed E-state index contributed by atoms with van der Waals surface area (Å²) in [6, 6.07) is 12.0. The minimum Gasteiger partial charge on any atom is -0.497 e. The molecule has 0 fully saturated rings. The Kier molecular flexibility index (Phi) is 3.87. The minimum atomic E-state index is -0.281. The van der Waals surface area contributed by atoms with Gasteiger partial charge >= 0.3 is 0 Å². The number of halogens is 2. The van der Waals surface area contributed by atoms with Gasteiger partial charge in [-0.25, -0.2) is 4.39 Å². The summed E-state index contributed by atoms with van der Waals surface area (Å²) < 4.78 is 18.0. The van der Waals surface area contributed by atoms with E-state index < -0.39 is 0 Å². The van der Waals surface area contributed by atoms with E-state index in [2.05, 4.69) is 0 Å². The number of hydrogen-bond acceptors (Lipinski definition) is 1. The summed E-state index contributed by atoms with van der Waals surface area (Å²) in [7, 11) is 1.63. The highest BCUT2D eigenvalue weighted by Gasteiger charge is 2.13. The van der Waals surface area contributed by atoms with Gasteiger partial charge in [0, 0.05) is 0 Å². The van der Waals surface area contributed by atoms with Crippen LogP contribution in [0.25, 0.3) is 0 Å². The average molecular weight is 265 g/mol. The number of alkyl halides is 1. The molecule has 0 aliphatic heterocycles. The molecule has 18 heavy (non-hydrogen) atoms. The molecule has 0 spiro atoms. The van der Waals surface area contributed by atoms with Crippen LogP contribution in [0.4, 0.5) is 4.39 Å². The smallest absolute Gasteiger partial charge is 0.123 e. The molecule has 2 aromatic carbocycles. The minimum absolute atomic E-state index is 0.255. The van der Waals surface area contributed by atoms with Gasteiger partial charge < -0.3 is 4.74 Å². The van der Waals surface area contributed by atoms with Crippen LogP contribution in [0.15, 0.2) is 42.5 Å². The SMILES string of the molecule is COc1ccc(C(Cl)c2ccc(F)cc2)c(C)c1. The van der Waals surface area contributed by atoms with Crippen molar-refractivity contribution in [1.29, 1.82) is 0 Å². The quantitative estimate of drug-likeness (QED) is 0.743. The Bertz CT molecular complexity index is 537. The molecule has 0 heterocycles. The average Bonchev–Trinajstić information content (AvgIpc) is 2.38. The lowest BCUT2D eigenvalue weighted by molar-refractivity contribution is 0.414. The van der Waals surface area contributed by atoms with E-state index in [-0.39, 0.29) is 11.2 Å². The number of methoxy groups -OCH3 is 1. The highest BCUT2D eigenvalue weighted by Crippen LogP contribution is 2.32. The summed E-state index contributed by atoms with van der Waals surface area (Å²) in [4.78, 5) is 0. The Morgan fingerprint density at radius 1 is 1.11 bits per heavy atom. The molecule has 3 heteroatoms. The maximum atomic E-state index is 12.9. The molecule has 2 aromatic rings. The van der Waals surface area contributed by atoms with Gasteiger partial charge in [0.25, 0.3) is 0 Å². The molecule has 2 rings (SSSR count). The van der Waals surface area contributed by atoms with Crippen LogP contribution < -0.4 is 4.74 Å². The van der Waals surface area contributed by atoms with Crippen molar-refractivity contribution >= 4 is 11.6 Å². The highest BCUT2D eigenvalue weighted by atomic mass is 35.5. The number of aryl methyl sites for hydroxylation is 1. The van der Waals surface area contributed by atoms with Crippen molar-refractivity contribution in [3.05, 3.63) is 65.0 Å². The van der Waals surface area contributed by atoms with E-state index in [1.165, 1.54) is 12.1 Å². The van der Waals surface area contributed by atoms with Gasteiger partial charge in [-0.3, -0.25) is 0 Å². The van der Waals surface area contributed by atoms with Crippen molar-refractivity contribution in [2.24, 2.45) is 0 Å². The lowest BCUT2D eigenvalue weighted by Crippen LogP contribution is -1.97. The van der Waals surface area contributed by atoms with E-state index in [9.17, 15) is 4.39 Å². The largest absolute Gasteiger partial charge is 0.497 e. The fraction of sp³-hybridized carbons (Fsp3) is 0.200. The Morgan fingerprint density at radius 2 is 1.78 bits per heavy atom. The third-order valence-corrected chi connectivity index (χ3v) is 3.40. The lowest BCUT2D eigenvalue weighted by Gasteiger charge is -2.14. The van der Waals surface area contributed by atoms with Gasteiger partial charge in [0.1, 0.15) is 11.6 Å². The van der Waals surface area contributed by atoms with Crippen LogP contribution in [0.3, 0.4) is 0 Å². The second-order valence-electron chi connectivity index (χ2n) is 4.14. The van der Waals surface area contributed by atoms with Gasteiger partial charge in [-0.15, -0.1) is 11.6 Å². The zero-order chi connectivity index (χ0) is 13.1. The van der Waals surface area contributed by atoms with Crippen molar-refractivity contribution in [1.82, 2.24) is 0 Å². The second kappa shape index (κ2) is 5.40. The molecular formula is C15H14ClFO. The van der Waals surface area contributed by atoms with Gasteiger partial charge in [0.05, 0.1) is 12.5 Å². The molecule has 1 unspecified atom stereocenters. The molecule has 0 bridgehead atoms. The van der Waals surface area contributed by atoms with Crippen LogP contribution in [-0.4, -0.2) is 7.11 Å². The van der Waals surface area contributed by atoms with Crippen LogP contribution >= 0.6 is 11.6 Å². The Morgan fingerprint density at radius 3 is 2.33 bits per heavy atom. The van der Waals surface area contributed by atoms with Gasteiger partial charge in [-0.2, -0.15) is 0 Å². The molecule has 0 aliphatic carbocycles. The molecule has 0 radical (unpaired) electrons. The first-order valence-electron chi connectivity index (χ1n) is 5.66. The van der Waals surface area contributed by atoms with Crippen molar-refractivity contribution < 1.29 is 9.13 Å². The Labute approximate surface area is 111 Å². The predicted molar refractivity (Wildman–Crippen MR) is 71.8 cm³/mol. The monoisotopic (exact) mass is 264 g/mol. The first-order valence-corrected chi connectivity index (χ1v) is 6.09. The molecule has 0 N–H and O–H groups in total. The van der Waals surface area contributed by atoms with Crippen molar-refractivity contribution in [2.75, 3.05) is 7.11 Å². The number of hydrogen-bond donors (Lipinski definition) is 0. The van der Waals surface area contributed by atoms with Crippen LogP contribution in [0.5, 0.6) is 5.75 Å². The molecule has 0 amide bonds. The topological polar surface area (TPSA) is 9.23 Å². The summed E-state index contributed by atoms with van der Waals surface area (Å²) in [5, 5.41) is -0.281. The maximum Gasteiger partial charge on any atom is 0.123 e. The van der Waals surface area contributed by atoms with Gasteiger partial charge in [0.15, 0.2) is 0 Å². The highest BCUT2D eigenvalue weighted by molar-refractivity contribution is 6.22. The van der Waals surface area contributed by atoms with E-state index >= 15 is 0 Å². The third-order valence-electron chi connectivity index (χ3n) is 2.91. The predicted octanol–water partition coefficient (Wildman–Crippen LogP) is 4.47. The standard InChI is InChI=1S/C15H14ClFO/c1-10-9-13(18-2)7-8-14(10)15(16)11-3-5-12(17)6-4-11/h3-9,15H,1-2H3. The van der Waals surface area contributed by atoms with E-state index in [1.807, 2.05) is 25.1 Å². The summed E-state index contributed by atoms with van der Waals surface area (Å²) >= 11 is 6.42. The summed E-state index contributed by atoms with van der Waals surface area (Å²) in [6.07, 6.45) is 0. The van der Waals surface area contributed by atoms with Crippen molar-refractivity contribution in [3.63, 3.8) is 0 Å². The molecular weight excluding hydrogens is 251 g/mol. The van der Waals surface area contributed by atoms with Crippen molar-refractivity contribution in [3.8, 4) is 5.75 Å². The maximum absolute atomic E-state index is 12.9. The van der Waals surface area contributed by atoms with Gasteiger partial charge in [-0.05, 0) is 47.9 Å². The van der Waals surface area contributed by atoms with E-state index in [0.29, 0.717) is 0 Å². The molecule has 0 saturated heterocycles. The van der Waals surface area contributed by atoms with Crippen molar-refractivity contribution in [2.45, 2.75) is 12.3 Å². The van der Waals surface area contributed by atoms with Gasteiger partial charge in [-0.1, -0.05) is 18.2 Å². The number of benzene rings is 2. The Balaban J connectivity index is 2.33.